The van der Waals surface area contributed by atoms with Crippen molar-refractivity contribution in [1.29, 1.82) is 0 Å². The van der Waals surface area contributed by atoms with Crippen LogP contribution in [0.2, 0.25) is 0 Å². The minimum Gasteiger partial charge on any atom is -0.481 e. The number of carboxylic acid groups (broad SMARTS) is 1. The van der Waals surface area contributed by atoms with E-state index < -0.39 is 17.4 Å². The summed E-state index contributed by atoms with van der Waals surface area (Å²) in [6.07, 6.45) is 4.59. The predicted octanol–water partition coefficient (Wildman–Crippen LogP) is 2.09. The topological polar surface area (TPSA) is 97.1 Å². The number of carbonyl (C=O) groups is 2. The van der Waals surface area contributed by atoms with Gasteiger partial charge in [-0.15, -0.1) is 5.10 Å². The number of hydrogen-bond donors (Lipinski definition) is 2. The van der Waals surface area contributed by atoms with Crippen LogP contribution >= 0.6 is 0 Å². The molecule has 2 aromatic rings. The molecule has 7 nitrogen and oxygen atoms in total. The van der Waals surface area contributed by atoms with Gasteiger partial charge in [0, 0.05) is 0 Å². The van der Waals surface area contributed by atoms with Crippen LogP contribution in [0.25, 0.3) is 0 Å². The first-order valence-electron chi connectivity index (χ1n) is 8.47. The molecule has 1 saturated carbocycles. The van der Waals surface area contributed by atoms with Crippen molar-refractivity contribution in [2.45, 2.75) is 44.7 Å². The van der Waals surface area contributed by atoms with Crippen LogP contribution < -0.4 is 5.32 Å². The summed E-state index contributed by atoms with van der Waals surface area (Å²) in [6.45, 7) is 2.33. The van der Waals surface area contributed by atoms with Gasteiger partial charge in [0.1, 0.15) is 0 Å². The van der Waals surface area contributed by atoms with E-state index in [0.29, 0.717) is 19.4 Å². The summed E-state index contributed by atoms with van der Waals surface area (Å²) in [7, 11) is 0. The fourth-order valence-corrected chi connectivity index (χ4v) is 3.45. The van der Waals surface area contributed by atoms with E-state index in [9.17, 15) is 14.7 Å². The van der Waals surface area contributed by atoms with Crippen LogP contribution in [-0.2, 0) is 11.3 Å². The van der Waals surface area contributed by atoms with Gasteiger partial charge in [0.15, 0.2) is 5.69 Å². The van der Waals surface area contributed by atoms with Crippen LogP contribution in [-0.4, -0.2) is 37.5 Å². The van der Waals surface area contributed by atoms with Crippen LogP contribution in [0.15, 0.2) is 36.5 Å². The standard InChI is InChI=1S/C18H22N4O3/c1-18(10-6-5-9-14(18)17(24)25)19-16(23)15-12-22(21-20-15)11-13-7-3-2-4-8-13/h2-4,7-8,12,14H,5-6,9-11H2,1H3,(H,19,23)(H,24,25). The van der Waals surface area contributed by atoms with E-state index in [1.807, 2.05) is 30.3 Å². The third kappa shape index (κ3) is 3.87. The summed E-state index contributed by atoms with van der Waals surface area (Å²) >= 11 is 0. The number of nitrogens with one attached hydrogen (secondary N) is 1. The minimum atomic E-state index is -0.866. The largest absolute Gasteiger partial charge is 0.481 e. The lowest BCUT2D eigenvalue weighted by Gasteiger charge is -2.39. The fraction of sp³-hybridized carbons (Fsp3) is 0.444. The Morgan fingerprint density at radius 2 is 2.08 bits per heavy atom. The van der Waals surface area contributed by atoms with Gasteiger partial charge >= 0.3 is 5.97 Å². The Morgan fingerprint density at radius 3 is 2.80 bits per heavy atom. The zero-order valence-electron chi connectivity index (χ0n) is 14.2. The van der Waals surface area contributed by atoms with E-state index in [2.05, 4.69) is 15.6 Å². The summed E-state index contributed by atoms with van der Waals surface area (Å²) in [5.41, 5.74) is 0.501. The molecule has 0 radical (unpaired) electrons. The molecular weight excluding hydrogens is 320 g/mol. The summed E-state index contributed by atoms with van der Waals surface area (Å²) in [5, 5.41) is 20.3. The molecule has 1 amide bonds. The molecule has 0 saturated heterocycles. The third-order valence-corrected chi connectivity index (χ3v) is 4.86. The monoisotopic (exact) mass is 342 g/mol. The maximum absolute atomic E-state index is 12.5. The first-order valence-corrected chi connectivity index (χ1v) is 8.47. The molecule has 1 aromatic carbocycles. The van der Waals surface area contributed by atoms with Crippen LogP contribution in [0.5, 0.6) is 0 Å². The average molecular weight is 342 g/mol. The van der Waals surface area contributed by atoms with Gasteiger partial charge in [-0.2, -0.15) is 0 Å². The molecule has 0 aliphatic heterocycles. The number of amides is 1. The number of aromatic nitrogens is 3. The molecule has 7 heteroatoms. The highest BCUT2D eigenvalue weighted by Gasteiger charge is 2.42. The fourth-order valence-electron chi connectivity index (χ4n) is 3.45. The van der Waals surface area contributed by atoms with Gasteiger partial charge in [0.2, 0.25) is 0 Å². The average Bonchev–Trinajstić information content (AvgIpc) is 3.04. The number of nitrogens with zero attached hydrogens (tertiary/aromatic N) is 3. The highest BCUT2D eigenvalue weighted by atomic mass is 16.4. The molecule has 0 spiro atoms. The summed E-state index contributed by atoms with van der Waals surface area (Å²) in [4.78, 5) is 24.0. The Hall–Kier alpha value is -2.70. The molecule has 1 aliphatic rings. The Kier molecular flexibility index (Phi) is 4.83. The van der Waals surface area contributed by atoms with E-state index in [4.69, 9.17) is 0 Å². The Balaban J connectivity index is 1.70. The number of rotatable bonds is 5. The molecule has 3 rings (SSSR count). The summed E-state index contributed by atoms with van der Waals surface area (Å²) in [6, 6.07) is 9.77. The number of carboxylic acids is 1. The number of carbonyl (C=O) groups excluding carboxylic acids is 1. The minimum absolute atomic E-state index is 0.201. The first kappa shape index (κ1) is 17.1. The Labute approximate surface area is 146 Å². The lowest BCUT2D eigenvalue weighted by molar-refractivity contribution is -0.145. The summed E-state index contributed by atoms with van der Waals surface area (Å²) in [5.74, 6) is -1.82. The van der Waals surface area contributed by atoms with Crippen molar-refractivity contribution in [1.82, 2.24) is 20.3 Å². The van der Waals surface area contributed by atoms with Crippen molar-refractivity contribution < 1.29 is 14.7 Å². The van der Waals surface area contributed by atoms with E-state index in [-0.39, 0.29) is 11.6 Å². The Bertz CT molecular complexity index is 759. The van der Waals surface area contributed by atoms with Crippen LogP contribution in [0.1, 0.15) is 48.7 Å². The number of aliphatic carboxylic acids is 1. The van der Waals surface area contributed by atoms with E-state index in [1.165, 1.54) is 0 Å². The molecule has 132 valence electrons. The lowest BCUT2D eigenvalue weighted by Crippen LogP contribution is -2.55. The molecule has 1 fully saturated rings. The normalized spacial score (nSPS) is 23.2. The molecule has 2 N–H and O–H groups in total. The second-order valence-corrected chi connectivity index (χ2v) is 6.80. The molecule has 25 heavy (non-hydrogen) atoms. The quantitative estimate of drug-likeness (QED) is 0.867. The van der Waals surface area contributed by atoms with Crippen molar-refractivity contribution in [3.05, 3.63) is 47.8 Å². The van der Waals surface area contributed by atoms with Crippen LogP contribution in [0.4, 0.5) is 0 Å². The molecule has 0 bridgehead atoms. The molecular formula is C18H22N4O3. The smallest absolute Gasteiger partial charge is 0.308 e. The van der Waals surface area contributed by atoms with E-state index in [0.717, 1.165) is 18.4 Å². The zero-order valence-corrected chi connectivity index (χ0v) is 14.2. The number of hydrogen-bond acceptors (Lipinski definition) is 4. The maximum atomic E-state index is 12.5. The van der Waals surface area contributed by atoms with Crippen molar-refractivity contribution in [3.8, 4) is 0 Å². The highest BCUT2D eigenvalue weighted by molar-refractivity contribution is 5.92. The lowest BCUT2D eigenvalue weighted by atomic mass is 9.74. The van der Waals surface area contributed by atoms with Gasteiger partial charge < -0.3 is 10.4 Å². The first-order chi connectivity index (χ1) is 12.0. The maximum Gasteiger partial charge on any atom is 0.308 e. The molecule has 1 aliphatic carbocycles. The van der Waals surface area contributed by atoms with Crippen LogP contribution in [0.3, 0.4) is 0 Å². The van der Waals surface area contributed by atoms with Gasteiger partial charge in [0.25, 0.3) is 5.91 Å². The van der Waals surface area contributed by atoms with Crippen molar-refractivity contribution in [2.24, 2.45) is 5.92 Å². The van der Waals surface area contributed by atoms with Crippen molar-refractivity contribution >= 4 is 11.9 Å². The number of benzene rings is 1. The van der Waals surface area contributed by atoms with E-state index in [1.54, 1.807) is 17.8 Å². The molecule has 2 unspecified atom stereocenters. The Morgan fingerprint density at radius 1 is 1.32 bits per heavy atom. The summed E-state index contributed by atoms with van der Waals surface area (Å²) < 4.78 is 1.60. The van der Waals surface area contributed by atoms with Crippen molar-refractivity contribution in [2.75, 3.05) is 0 Å². The van der Waals surface area contributed by atoms with Gasteiger partial charge in [0.05, 0.1) is 24.2 Å². The molecule has 1 heterocycles. The second kappa shape index (κ2) is 7.04. The van der Waals surface area contributed by atoms with E-state index >= 15 is 0 Å². The van der Waals surface area contributed by atoms with Gasteiger partial charge in [-0.3, -0.25) is 9.59 Å². The highest BCUT2D eigenvalue weighted by Crippen LogP contribution is 2.34. The van der Waals surface area contributed by atoms with Crippen molar-refractivity contribution in [3.63, 3.8) is 0 Å². The third-order valence-electron chi connectivity index (χ3n) is 4.86. The predicted molar refractivity (Wildman–Crippen MR) is 91.0 cm³/mol. The van der Waals surface area contributed by atoms with Gasteiger partial charge in [-0.25, -0.2) is 4.68 Å². The second-order valence-electron chi connectivity index (χ2n) is 6.80. The SMILES string of the molecule is CC1(NC(=O)c2cn(Cc3ccccc3)nn2)CCCCC1C(=O)O. The van der Waals surface area contributed by atoms with Gasteiger partial charge in [-0.05, 0) is 25.3 Å². The van der Waals surface area contributed by atoms with Crippen LogP contribution in [0, 0.1) is 5.92 Å². The molecule has 2 atom stereocenters. The molecule has 1 aromatic heterocycles. The zero-order chi connectivity index (χ0) is 17.9. The van der Waals surface area contributed by atoms with Gasteiger partial charge in [-0.1, -0.05) is 48.4 Å².